The Morgan fingerprint density at radius 2 is 1.88 bits per heavy atom. The second kappa shape index (κ2) is 6.29. The number of esters is 1. The molecule has 0 spiro atoms. The van der Waals surface area contributed by atoms with Crippen LogP contribution in [0.4, 0.5) is 14.5 Å². The van der Waals surface area contributed by atoms with Crippen molar-refractivity contribution in [2.75, 3.05) is 11.9 Å². The molecule has 140 valence electrons. The van der Waals surface area contributed by atoms with Crippen LogP contribution in [0.2, 0.25) is 0 Å². The monoisotopic (exact) mass is 427 g/mol. The van der Waals surface area contributed by atoms with Crippen molar-refractivity contribution in [3.8, 4) is 0 Å². The molecule has 1 amide bonds. The normalized spacial score (nSPS) is 34.6. The highest BCUT2D eigenvalue weighted by Gasteiger charge is 2.60. The van der Waals surface area contributed by atoms with Gasteiger partial charge in [-0.15, -0.1) is 0 Å². The predicted octanol–water partition coefficient (Wildman–Crippen LogP) is 4.18. The van der Waals surface area contributed by atoms with Crippen molar-refractivity contribution in [1.29, 1.82) is 0 Å². The number of nitrogens with one attached hydrogen (secondary N) is 1. The van der Waals surface area contributed by atoms with E-state index in [1.54, 1.807) is 0 Å². The molecule has 1 N–H and O–H groups in total. The van der Waals surface area contributed by atoms with Crippen molar-refractivity contribution in [2.24, 2.45) is 17.3 Å². The van der Waals surface area contributed by atoms with Crippen LogP contribution in [0.25, 0.3) is 0 Å². The molecule has 26 heavy (non-hydrogen) atoms. The SMILES string of the molecule is O=C(COC(=O)C12C[C@@H]3C[C@@H](CC(Br)(C3)C1)C2)Nc1cc(F)ccc1F. The Hall–Kier alpha value is -1.50. The minimum atomic E-state index is -0.742. The fourth-order valence-corrected chi connectivity index (χ4v) is 6.91. The molecule has 5 rings (SSSR count). The minimum absolute atomic E-state index is 0.0169. The molecule has 0 heterocycles. The van der Waals surface area contributed by atoms with Gasteiger partial charge in [-0.3, -0.25) is 9.59 Å². The van der Waals surface area contributed by atoms with Gasteiger partial charge >= 0.3 is 5.97 Å². The Balaban J connectivity index is 1.38. The number of anilines is 1. The second-order valence-corrected chi connectivity index (χ2v) is 9.82. The molecule has 4 saturated carbocycles. The Morgan fingerprint density at radius 1 is 1.19 bits per heavy atom. The van der Waals surface area contributed by atoms with Gasteiger partial charge in [0.1, 0.15) is 11.6 Å². The number of halogens is 3. The van der Waals surface area contributed by atoms with Crippen LogP contribution in [0.1, 0.15) is 38.5 Å². The van der Waals surface area contributed by atoms with E-state index in [0.717, 1.165) is 50.3 Å². The van der Waals surface area contributed by atoms with E-state index in [1.165, 1.54) is 6.42 Å². The van der Waals surface area contributed by atoms with Crippen molar-refractivity contribution in [2.45, 2.75) is 42.8 Å². The van der Waals surface area contributed by atoms with Crippen LogP contribution in [0, 0.1) is 28.9 Å². The zero-order chi connectivity index (χ0) is 18.5. The van der Waals surface area contributed by atoms with Gasteiger partial charge < -0.3 is 10.1 Å². The maximum Gasteiger partial charge on any atom is 0.312 e. The zero-order valence-corrected chi connectivity index (χ0v) is 15.8. The molecule has 7 heteroatoms. The zero-order valence-electron chi connectivity index (χ0n) is 14.2. The Labute approximate surface area is 158 Å². The highest BCUT2D eigenvalue weighted by Crippen LogP contribution is 2.64. The summed E-state index contributed by atoms with van der Waals surface area (Å²) in [6, 6.07) is 2.79. The second-order valence-electron chi connectivity index (χ2n) is 8.14. The third-order valence-corrected chi connectivity index (χ3v) is 6.89. The van der Waals surface area contributed by atoms with Gasteiger partial charge in [0.25, 0.3) is 5.91 Å². The van der Waals surface area contributed by atoms with E-state index >= 15 is 0 Å². The van der Waals surface area contributed by atoms with E-state index in [9.17, 15) is 18.4 Å². The first-order valence-corrected chi connectivity index (χ1v) is 9.67. The predicted molar refractivity (Wildman–Crippen MR) is 94.7 cm³/mol. The smallest absolute Gasteiger partial charge is 0.312 e. The third-order valence-electron chi connectivity index (χ3n) is 5.96. The summed E-state index contributed by atoms with van der Waals surface area (Å²) in [6.45, 7) is -0.499. The first kappa shape index (κ1) is 17.9. The van der Waals surface area contributed by atoms with Gasteiger partial charge in [-0.1, -0.05) is 15.9 Å². The van der Waals surface area contributed by atoms with Crippen molar-refractivity contribution in [3.05, 3.63) is 29.8 Å². The van der Waals surface area contributed by atoms with E-state index in [0.29, 0.717) is 11.8 Å². The summed E-state index contributed by atoms with van der Waals surface area (Å²) in [5, 5.41) is 2.25. The van der Waals surface area contributed by atoms with Gasteiger partial charge in [-0.2, -0.15) is 0 Å². The van der Waals surface area contributed by atoms with Crippen LogP contribution >= 0.6 is 15.9 Å². The molecule has 4 aliphatic rings. The van der Waals surface area contributed by atoms with E-state index in [2.05, 4.69) is 21.2 Å². The molecular weight excluding hydrogens is 408 g/mol. The summed E-state index contributed by atoms with van der Waals surface area (Å²) >= 11 is 3.84. The van der Waals surface area contributed by atoms with Crippen LogP contribution < -0.4 is 5.32 Å². The summed E-state index contributed by atoms with van der Waals surface area (Å²) < 4.78 is 32.0. The summed E-state index contributed by atoms with van der Waals surface area (Å²) in [5.41, 5.74) is -0.780. The molecule has 0 aliphatic heterocycles. The van der Waals surface area contributed by atoms with Crippen LogP contribution in [0.5, 0.6) is 0 Å². The molecule has 0 radical (unpaired) electrons. The maximum absolute atomic E-state index is 13.6. The van der Waals surface area contributed by atoms with Crippen molar-refractivity contribution in [3.63, 3.8) is 0 Å². The van der Waals surface area contributed by atoms with Gasteiger partial charge in [0.15, 0.2) is 6.61 Å². The lowest BCUT2D eigenvalue weighted by molar-refractivity contribution is -0.170. The summed E-state index contributed by atoms with van der Waals surface area (Å²) in [7, 11) is 0. The number of benzene rings is 1. The molecular formula is C19H20BrF2NO3. The number of hydrogen-bond acceptors (Lipinski definition) is 3. The highest BCUT2D eigenvalue weighted by molar-refractivity contribution is 9.10. The highest BCUT2D eigenvalue weighted by atomic mass is 79.9. The molecule has 2 unspecified atom stereocenters. The van der Waals surface area contributed by atoms with Crippen molar-refractivity contribution >= 4 is 33.5 Å². The lowest BCUT2D eigenvalue weighted by atomic mass is 9.49. The summed E-state index contributed by atoms with van der Waals surface area (Å²) in [6.07, 6.45) is 5.73. The average Bonchev–Trinajstić information content (AvgIpc) is 2.53. The fourth-order valence-electron chi connectivity index (χ4n) is 5.45. The first-order chi connectivity index (χ1) is 12.3. The van der Waals surface area contributed by atoms with E-state index < -0.39 is 29.6 Å². The molecule has 4 atom stereocenters. The van der Waals surface area contributed by atoms with Crippen molar-refractivity contribution in [1.82, 2.24) is 0 Å². The standard InChI is InChI=1S/C19H20BrF2NO3/c20-19-7-11-3-12(8-19)6-18(5-11,10-19)17(25)26-9-16(24)23-15-4-13(21)1-2-14(15)22/h1-2,4,11-12H,3,5-10H2,(H,23,24)/t11-,12+,18?,19?. The largest absolute Gasteiger partial charge is 0.455 e. The first-order valence-electron chi connectivity index (χ1n) is 8.88. The number of carbonyl (C=O) groups is 2. The molecule has 4 aliphatic carbocycles. The Morgan fingerprint density at radius 3 is 2.54 bits per heavy atom. The molecule has 4 nitrogen and oxygen atoms in total. The van der Waals surface area contributed by atoms with Crippen LogP contribution in [-0.4, -0.2) is 22.8 Å². The molecule has 1 aromatic carbocycles. The lowest BCUT2D eigenvalue weighted by Crippen LogP contribution is -2.56. The summed E-state index contributed by atoms with van der Waals surface area (Å²) in [4.78, 5) is 24.7. The Bertz CT molecular complexity index is 755. The third kappa shape index (κ3) is 3.26. The molecule has 0 saturated heterocycles. The molecule has 0 aromatic heterocycles. The number of ether oxygens (including phenoxy) is 1. The maximum atomic E-state index is 13.6. The topological polar surface area (TPSA) is 55.4 Å². The van der Waals surface area contributed by atoms with Gasteiger partial charge in [-0.25, -0.2) is 8.78 Å². The van der Waals surface area contributed by atoms with Gasteiger partial charge in [0.05, 0.1) is 11.1 Å². The van der Waals surface area contributed by atoms with E-state index in [-0.39, 0.29) is 16.0 Å². The van der Waals surface area contributed by atoms with E-state index in [1.807, 2.05) is 0 Å². The molecule has 4 fully saturated rings. The van der Waals surface area contributed by atoms with Gasteiger partial charge in [0.2, 0.25) is 0 Å². The molecule has 1 aromatic rings. The number of alkyl halides is 1. The Kier molecular flexibility index (Phi) is 4.33. The fraction of sp³-hybridized carbons (Fsp3) is 0.579. The molecule has 4 bridgehead atoms. The van der Waals surface area contributed by atoms with Crippen LogP contribution in [-0.2, 0) is 14.3 Å². The van der Waals surface area contributed by atoms with Crippen LogP contribution in [0.15, 0.2) is 18.2 Å². The average molecular weight is 428 g/mol. The number of carbonyl (C=O) groups excluding carboxylic acids is 2. The lowest BCUT2D eigenvalue weighted by Gasteiger charge is -2.58. The quantitative estimate of drug-likeness (QED) is 0.579. The summed E-state index contributed by atoms with van der Waals surface area (Å²) in [5.74, 6) is -1.37. The van der Waals surface area contributed by atoms with Gasteiger partial charge in [-0.05, 0) is 62.5 Å². The van der Waals surface area contributed by atoms with Gasteiger partial charge in [0, 0.05) is 10.4 Å². The number of hydrogen-bond donors (Lipinski definition) is 1. The van der Waals surface area contributed by atoms with E-state index in [4.69, 9.17) is 4.74 Å². The van der Waals surface area contributed by atoms with Crippen molar-refractivity contribution < 1.29 is 23.1 Å². The van der Waals surface area contributed by atoms with Crippen LogP contribution in [0.3, 0.4) is 0 Å². The minimum Gasteiger partial charge on any atom is -0.455 e. The number of amides is 1. The number of rotatable bonds is 4.